The maximum atomic E-state index is 13.5. The highest BCUT2D eigenvalue weighted by atomic mass is 35.5. The Bertz CT molecular complexity index is 493. The van der Waals surface area contributed by atoms with Crippen molar-refractivity contribution in [3.05, 3.63) is 29.8 Å². The lowest BCUT2D eigenvalue weighted by Gasteiger charge is -2.04. The standard InChI is InChI=1S/C12H14ClFN2/c1-2-16-10-6-3-5-9(14)12(10)15-11(16)7-4-8-13/h3,5-6H,2,4,7-8H2,1H3. The van der Waals surface area contributed by atoms with Gasteiger partial charge >= 0.3 is 0 Å². The van der Waals surface area contributed by atoms with Gasteiger partial charge in [-0.05, 0) is 25.5 Å². The number of fused-ring (bicyclic) bond motifs is 1. The third kappa shape index (κ3) is 1.92. The zero-order valence-corrected chi connectivity index (χ0v) is 9.97. The Morgan fingerprint density at radius 3 is 2.94 bits per heavy atom. The Labute approximate surface area is 99.0 Å². The summed E-state index contributed by atoms with van der Waals surface area (Å²) in [5, 5.41) is 0. The number of nitrogens with zero attached hydrogens (tertiary/aromatic N) is 2. The van der Waals surface area contributed by atoms with E-state index in [1.807, 2.05) is 17.6 Å². The summed E-state index contributed by atoms with van der Waals surface area (Å²) in [5.41, 5.74) is 1.33. The zero-order valence-electron chi connectivity index (χ0n) is 9.21. The van der Waals surface area contributed by atoms with Gasteiger partial charge in [0.2, 0.25) is 0 Å². The number of benzene rings is 1. The Balaban J connectivity index is 2.52. The maximum absolute atomic E-state index is 13.5. The lowest BCUT2D eigenvalue weighted by atomic mass is 10.3. The van der Waals surface area contributed by atoms with Crippen LogP contribution in [0.15, 0.2) is 18.2 Å². The largest absolute Gasteiger partial charge is 0.328 e. The molecule has 0 aliphatic heterocycles. The molecule has 0 bridgehead atoms. The van der Waals surface area contributed by atoms with E-state index in [0.29, 0.717) is 11.4 Å². The molecule has 0 radical (unpaired) electrons. The predicted molar refractivity (Wildman–Crippen MR) is 64.4 cm³/mol. The molecule has 0 unspecified atom stereocenters. The van der Waals surface area contributed by atoms with Crippen molar-refractivity contribution in [1.82, 2.24) is 9.55 Å². The van der Waals surface area contributed by atoms with Crippen molar-refractivity contribution in [2.24, 2.45) is 0 Å². The van der Waals surface area contributed by atoms with Crippen molar-refractivity contribution in [3.63, 3.8) is 0 Å². The van der Waals surface area contributed by atoms with Crippen molar-refractivity contribution >= 4 is 22.6 Å². The summed E-state index contributed by atoms with van der Waals surface area (Å²) in [4.78, 5) is 4.35. The minimum atomic E-state index is -0.253. The summed E-state index contributed by atoms with van der Waals surface area (Å²) in [6.07, 6.45) is 1.66. The van der Waals surface area contributed by atoms with Crippen LogP contribution in [0.2, 0.25) is 0 Å². The first-order valence-corrected chi connectivity index (χ1v) is 6.01. The molecule has 0 aliphatic rings. The highest BCUT2D eigenvalue weighted by Gasteiger charge is 2.11. The third-order valence-electron chi connectivity index (χ3n) is 2.66. The van der Waals surface area contributed by atoms with Crippen LogP contribution in [0.25, 0.3) is 11.0 Å². The molecular weight excluding hydrogens is 227 g/mol. The number of aryl methyl sites for hydroxylation is 2. The number of hydrogen-bond donors (Lipinski definition) is 0. The highest BCUT2D eigenvalue weighted by Crippen LogP contribution is 2.20. The van der Waals surface area contributed by atoms with Gasteiger partial charge in [0, 0.05) is 18.8 Å². The van der Waals surface area contributed by atoms with E-state index >= 15 is 0 Å². The molecule has 2 rings (SSSR count). The number of alkyl halides is 1. The van der Waals surface area contributed by atoms with Crippen molar-refractivity contribution in [1.29, 1.82) is 0 Å². The van der Waals surface area contributed by atoms with Crippen LogP contribution in [0.4, 0.5) is 4.39 Å². The van der Waals surface area contributed by atoms with Gasteiger partial charge in [-0.15, -0.1) is 11.6 Å². The van der Waals surface area contributed by atoms with Crippen molar-refractivity contribution in [3.8, 4) is 0 Å². The molecule has 1 aromatic carbocycles. The van der Waals surface area contributed by atoms with Crippen molar-refractivity contribution in [2.75, 3.05) is 5.88 Å². The second-order valence-electron chi connectivity index (χ2n) is 3.67. The summed E-state index contributed by atoms with van der Waals surface area (Å²) >= 11 is 5.67. The molecule has 4 heteroatoms. The van der Waals surface area contributed by atoms with Crippen LogP contribution in [0.3, 0.4) is 0 Å². The molecule has 0 aliphatic carbocycles. The predicted octanol–water partition coefficient (Wildman–Crippen LogP) is 3.37. The zero-order chi connectivity index (χ0) is 11.5. The Morgan fingerprint density at radius 2 is 2.25 bits per heavy atom. The quantitative estimate of drug-likeness (QED) is 0.750. The first-order valence-electron chi connectivity index (χ1n) is 5.47. The number of rotatable bonds is 4. The Kier molecular flexibility index (Phi) is 3.44. The second-order valence-corrected chi connectivity index (χ2v) is 4.05. The lowest BCUT2D eigenvalue weighted by molar-refractivity contribution is 0.637. The Hall–Kier alpha value is -1.09. The van der Waals surface area contributed by atoms with Gasteiger partial charge in [0.05, 0.1) is 5.52 Å². The van der Waals surface area contributed by atoms with Crippen LogP contribution in [0.1, 0.15) is 19.2 Å². The van der Waals surface area contributed by atoms with E-state index in [2.05, 4.69) is 4.98 Å². The minimum absolute atomic E-state index is 0.253. The first-order chi connectivity index (χ1) is 7.77. The smallest absolute Gasteiger partial charge is 0.151 e. The number of imidazole rings is 1. The minimum Gasteiger partial charge on any atom is -0.328 e. The lowest BCUT2D eigenvalue weighted by Crippen LogP contribution is -2.01. The van der Waals surface area contributed by atoms with Crippen LogP contribution in [-0.2, 0) is 13.0 Å². The van der Waals surface area contributed by atoms with Crippen molar-refractivity contribution in [2.45, 2.75) is 26.3 Å². The second kappa shape index (κ2) is 4.83. The van der Waals surface area contributed by atoms with E-state index in [4.69, 9.17) is 11.6 Å². The van der Waals surface area contributed by atoms with Gasteiger partial charge in [-0.2, -0.15) is 0 Å². The summed E-state index contributed by atoms with van der Waals surface area (Å²) in [6, 6.07) is 5.07. The van der Waals surface area contributed by atoms with E-state index in [1.54, 1.807) is 6.07 Å². The average molecular weight is 241 g/mol. The van der Waals surface area contributed by atoms with Gasteiger partial charge in [0.25, 0.3) is 0 Å². The van der Waals surface area contributed by atoms with Gasteiger partial charge in [0.15, 0.2) is 5.82 Å². The fourth-order valence-electron chi connectivity index (χ4n) is 1.93. The molecule has 0 fully saturated rings. The molecule has 16 heavy (non-hydrogen) atoms. The van der Waals surface area contributed by atoms with E-state index in [0.717, 1.165) is 30.7 Å². The first kappa shape index (κ1) is 11.4. The van der Waals surface area contributed by atoms with E-state index < -0.39 is 0 Å². The molecule has 86 valence electrons. The number of halogens is 2. The van der Waals surface area contributed by atoms with E-state index in [9.17, 15) is 4.39 Å². The molecule has 2 aromatic rings. The van der Waals surface area contributed by atoms with E-state index in [-0.39, 0.29) is 5.82 Å². The monoisotopic (exact) mass is 240 g/mol. The SMILES string of the molecule is CCn1c(CCCCl)nc2c(F)cccc21. The van der Waals surface area contributed by atoms with Gasteiger partial charge in [-0.3, -0.25) is 0 Å². The van der Waals surface area contributed by atoms with Gasteiger partial charge in [0.1, 0.15) is 11.3 Å². The van der Waals surface area contributed by atoms with Crippen LogP contribution in [-0.4, -0.2) is 15.4 Å². The molecular formula is C12H14ClFN2. The summed E-state index contributed by atoms with van der Waals surface area (Å²) in [6.45, 7) is 2.84. The van der Waals surface area contributed by atoms with Crippen LogP contribution in [0, 0.1) is 5.82 Å². The van der Waals surface area contributed by atoms with Gasteiger partial charge in [-0.1, -0.05) is 6.07 Å². The van der Waals surface area contributed by atoms with E-state index in [1.165, 1.54) is 6.07 Å². The highest BCUT2D eigenvalue weighted by molar-refractivity contribution is 6.17. The van der Waals surface area contributed by atoms with Gasteiger partial charge in [-0.25, -0.2) is 9.37 Å². The molecule has 0 amide bonds. The molecule has 0 N–H and O–H groups in total. The summed E-state index contributed by atoms with van der Waals surface area (Å²) in [5.74, 6) is 1.27. The maximum Gasteiger partial charge on any atom is 0.151 e. The van der Waals surface area contributed by atoms with Crippen molar-refractivity contribution < 1.29 is 4.39 Å². The number of para-hydroxylation sites is 1. The number of hydrogen-bond acceptors (Lipinski definition) is 1. The van der Waals surface area contributed by atoms with Crippen LogP contribution < -0.4 is 0 Å². The summed E-state index contributed by atoms with van der Waals surface area (Å²) in [7, 11) is 0. The molecule has 0 saturated heterocycles. The van der Waals surface area contributed by atoms with Gasteiger partial charge < -0.3 is 4.57 Å². The van der Waals surface area contributed by atoms with Crippen LogP contribution >= 0.6 is 11.6 Å². The molecule has 0 saturated carbocycles. The topological polar surface area (TPSA) is 17.8 Å². The molecule has 0 atom stereocenters. The average Bonchev–Trinajstić information content (AvgIpc) is 2.65. The normalized spacial score (nSPS) is 11.2. The third-order valence-corrected chi connectivity index (χ3v) is 2.93. The van der Waals surface area contributed by atoms with Crippen LogP contribution in [0.5, 0.6) is 0 Å². The fraction of sp³-hybridized carbons (Fsp3) is 0.417. The Morgan fingerprint density at radius 1 is 1.44 bits per heavy atom. The molecule has 1 aromatic heterocycles. The number of aromatic nitrogens is 2. The molecule has 1 heterocycles. The fourth-order valence-corrected chi connectivity index (χ4v) is 2.06. The molecule has 2 nitrogen and oxygen atoms in total. The summed E-state index contributed by atoms with van der Waals surface area (Å²) < 4.78 is 15.6. The molecule has 0 spiro atoms.